The Kier molecular flexibility index (Phi) is 6.83. The highest BCUT2D eigenvalue weighted by molar-refractivity contribution is 5.51. The van der Waals surface area contributed by atoms with E-state index < -0.39 is 0 Å². The second-order valence-electron chi connectivity index (χ2n) is 5.64. The number of nitrogens with zero attached hydrogens (tertiary/aromatic N) is 1. The predicted octanol–water partition coefficient (Wildman–Crippen LogP) is 2.81. The van der Waals surface area contributed by atoms with Crippen molar-refractivity contribution in [3.8, 4) is 5.75 Å². The molecule has 2 rings (SSSR count). The zero-order chi connectivity index (χ0) is 14.9. The van der Waals surface area contributed by atoms with Crippen LogP contribution in [0.15, 0.2) is 24.3 Å². The summed E-state index contributed by atoms with van der Waals surface area (Å²) < 4.78 is 11.3. The monoisotopic (exact) mass is 292 g/mol. The molecule has 4 nitrogen and oxygen atoms in total. The van der Waals surface area contributed by atoms with Gasteiger partial charge in [0, 0.05) is 37.5 Å². The molecular formula is C17H28N2O2. The van der Waals surface area contributed by atoms with Crippen LogP contribution >= 0.6 is 0 Å². The van der Waals surface area contributed by atoms with Crippen molar-refractivity contribution in [1.82, 2.24) is 0 Å². The van der Waals surface area contributed by atoms with Gasteiger partial charge in [0.05, 0.1) is 6.61 Å². The highest BCUT2D eigenvalue weighted by Gasteiger charge is 2.16. The van der Waals surface area contributed by atoms with E-state index in [0.29, 0.717) is 19.3 Å². The van der Waals surface area contributed by atoms with Gasteiger partial charge in [-0.15, -0.1) is 0 Å². The Bertz CT molecular complexity index is 404. The number of ether oxygens (including phenoxy) is 2. The molecule has 0 bridgehead atoms. The van der Waals surface area contributed by atoms with Crippen LogP contribution in [0.4, 0.5) is 5.69 Å². The number of hydrogen-bond donors (Lipinski definition) is 1. The van der Waals surface area contributed by atoms with Crippen LogP contribution in [0.2, 0.25) is 0 Å². The lowest BCUT2D eigenvalue weighted by Crippen LogP contribution is -2.39. The summed E-state index contributed by atoms with van der Waals surface area (Å²) in [6.45, 7) is 6.32. The molecule has 0 aromatic heterocycles. The molecule has 1 fully saturated rings. The van der Waals surface area contributed by atoms with Crippen molar-refractivity contribution in [2.75, 3.05) is 37.8 Å². The molecule has 1 saturated heterocycles. The van der Waals surface area contributed by atoms with Crippen LogP contribution in [0.25, 0.3) is 0 Å². The van der Waals surface area contributed by atoms with Gasteiger partial charge in [-0.3, -0.25) is 0 Å². The van der Waals surface area contributed by atoms with Gasteiger partial charge in [-0.1, -0.05) is 19.4 Å². The van der Waals surface area contributed by atoms with Gasteiger partial charge in [-0.25, -0.2) is 0 Å². The number of rotatable bonds is 8. The molecule has 0 unspecified atom stereocenters. The quantitative estimate of drug-likeness (QED) is 0.749. The van der Waals surface area contributed by atoms with Crippen LogP contribution in [-0.2, 0) is 4.74 Å². The van der Waals surface area contributed by atoms with Gasteiger partial charge in [0.2, 0.25) is 0 Å². The molecule has 1 heterocycles. The smallest absolute Gasteiger partial charge is 0.121 e. The van der Waals surface area contributed by atoms with Gasteiger partial charge >= 0.3 is 0 Å². The summed E-state index contributed by atoms with van der Waals surface area (Å²) in [5.74, 6) is 0.918. The fourth-order valence-electron chi connectivity index (χ4n) is 2.49. The molecule has 0 radical (unpaired) electrons. The largest absolute Gasteiger partial charge is 0.491 e. The molecule has 1 aliphatic heterocycles. The van der Waals surface area contributed by atoms with Gasteiger partial charge in [-0.2, -0.15) is 0 Å². The van der Waals surface area contributed by atoms with E-state index in [-0.39, 0.29) is 0 Å². The Labute approximate surface area is 128 Å². The minimum Gasteiger partial charge on any atom is -0.491 e. The van der Waals surface area contributed by atoms with Gasteiger partial charge in [0.15, 0.2) is 0 Å². The SMILES string of the molecule is CCCCOCCOc1cccc(N2CCC(N)CC2)c1. The molecule has 1 aromatic rings. The van der Waals surface area contributed by atoms with E-state index in [1.807, 2.05) is 6.07 Å². The molecule has 0 amide bonds. The molecule has 0 aliphatic carbocycles. The molecule has 2 N–H and O–H groups in total. The molecule has 1 aliphatic rings. The van der Waals surface area contributed by atoms with Crippen molar-refractivity contribution in [3.63, 3.8) is 0 Å². The second kappa shape index (κ2) is 8.90. The number of piperidine rings is 1. The molecular weight excluding hydrogens is 264 g/mol. The van der Waals surface area contributed by atoms with Crippen molar-refractivity contribution < 1.29 is 9.47 Å². The number of hydrogen-bond acceptors (Lipinski definition) is 4. The fraction of sp³-hybridized carbons (Fsp3) is 0.647. The molecule has 118 valence electrons. The molecule has 1 aromatic carbocycles. The van der Waals surface area contributed by atoms with Crippen LogP contribution in [0.1, 0.15) is 32.6 Å². The molecule has 0 spiro atoms. The summed E-state index contributed by atoms with van der Waals surface area (Å²) >= 11 is 0. The zero-order valence-electron chi connectivity index (χ0n) is 13.1. The first-order valence-corrected chi connectivity index (χ1v) is 8.10. The Hall–Kier alpha value is -1.26. The maximum Gasteiger partial charge on any atom is 0.121 e. The van der Waals surface area contributed by atoms with E-state index in [2.05, 4.69) is 30.0 Å². The third-order valence-electron chi connectivity index (χ3n) is 3.86. The van der Waals surface area contributed by atoms with E-state index in [0.717, 1.165) is 44.7 Å². The maximum atomic E-state index is 5.96. The van der Waals surface area contributed by atoms with Crippen LogP contribution in [-0.4, -0.2) is 39.0 Å². The van der Waals surface area contributed by atoms with Gasteiger partial charge in [-0.05, 0) is 31.4 Å². The van der Waals surface area contributed by atoms with Crippen LogP contribution in [0.3, 0.4) is 0 Å². The molecule has 0 atom stereocenters. The molecule has 4 heteroatoms. The lowest BCUT2D eigenvalue weighted by molar-refractivity contribution is 0.0981. The van der Waals surface area contributed by atoms with E-state index in [1.54, 1.807) is 0 Å². The first kappa shape index (κ1) is 16.1. The van der Waals surface area contributed by atoms with Crippen molar-refractivity contribution in [3.05, 3.63) is 24.3 Å². The van der Waals surface area contributed by atoms with Crippen molar-refractivity contribution in [2.24, 2.45) is 5.73 Å². The third kappa shape index (κ3) is 5.56. The van der Waals surface area contributed by atoms with Crippen molar-refractivity contribution in [1.29, 1.82) is 0 Å². The van der Waals surface area contributed by atoms with E-state index in [4.69, 9.17) is 15.2 Å². The highest BCUT2D eigenvalue weighted by atomic mass is 16.5. The van der Waals surface area contributed by atoms with Crippen LogP contribution in [0, 0.1) is 0 Å². The van der Waals surface area contributed by atoms with E-state index in [1.165, 1.54) is 12.1 Å². The first-order chi connectivity index (χ1) is 10.3. The summed E-state index contributed by atoms with van der Waals surface area (Å²) in [5.41, 5.74) is 7.18. The Balaban J connectivity index is 1.75. The number of unbranched alkanes of at least 4 members (excludes halogenated alkanes) is 1. The van der Waals surface area contributed by atoms with Gasteiger partial charge in [0.1, 0.15) is 12.4 Å². The number of nitrogens with two attached hydrogens (primary N) is 1. The summed E-state index contributed by atoms with van der Waals surface area (Å²) in [7, 11) is 0. The fourth-order valence-corrected chi connectivity index (χ4v) is 2.49. The summed E-state index contributed by atoms with van der Waals surface area (Å²) in [6.07, 6.45) is 4.42. The average molecular weight is 292 g/mol. The Morgan fingerprint density at radius 1 is 1.19 bits per heavy atom. The van der Waals surface area contributed by atoms with E-state index in [9.17, 15) is 0 Å². The Morgan fingerprint density at radius 2 is 2.00 bits per heavy atom. The van der Waals surface area contributed by atoms with Crippen LogP contribution < -0.4 is 15.4 Å². The minimum atomic E-state index is 0.362. The highest BCUT2D eigenvalue weighted by Crippen LogP contribution is 2.24. The topological polar surface area (TPSA) is 47.7 Å². The van der Waals surface area contributed by atoms with E-state index >= 15 is 0 Å². The average Bonchev–Trinajstić information content (AvgIpc) is 2.52. The molecule has 0 saturated carbocycles. The molecule has 21 heavy (non-hydrogen) atoms. The van der Waals surface area contributed by atoms with Gasteiger partial charge < -0.3 is 20.1 Å². The lowest BCUT2D eigenvalue weighted by atomic mass is 10.1. The van der Waals surface area contributed by atoms with Crippen molar-refractivity contribution >= 4 is 5.69 Å². The Morgan fingerprint density at radius 3 is 2.76 bits per heavy atom. The standard InChI is InChI=1S/C17H28N2O2/c1-2-3-11-20-12-13-21-17-6-4-5-16(14-17)19-9-7-15(18)8-10-19/h4-6,14-15H,2-3,7-13,18H2,1H3. The first-order valence-electron chi connectivity index (χ1n) is 8.10. The third-order valence-corrected chi connectivity index (χ3v) is 3.86. The maximum absolute atomic E-state index is 5.96. The normalized spacial score (nSPS) is 16.2. The minimum absolute atomic E-state index is 0.362. The van der Waals surface area contributed by atoms with Crippen LogP contribution in [0.5, 0.6) is 5.75 Å². The second-order valence-corrected chi connectivity index (χ2v) is 5.64. The van der Waals surface area contributed by atoms with Gasteiger partial charge in [0.25, 0.3) is 0 Å². The summed E-state index contributed by atoms with van der Waals surface area (Å²) in [6, 6.07) is 8.67. The number of benzene rings is 1. The lowest BCUT2D eigenvalue weighted by Gasteiger charge is -2.32. The summed E-state index contributed by atoms with van der Waals surface area (Å²) in [5, 5.41) is 0. The van der Waals surface area contributed by atoms with Crippen molar-refractivity contribution in [2.45, 2.75) is 38.6 Å². The predicted molar refractivity (Wildman–Crippen MR) is 87.1 cm³/mol. The summed E-state index contributed by atoms with van der Waals surface area (Å²) in [4.78, 5) is 2.38. The zero-order valence-corrected chi connectivity index (χ0v) is 13.1. The number of anilines is 1.